The summed E-state index contributed by atoms with van der Waals surface area (Å²) in [6.07, 6.45) is 4.13. The molecule has 1 fully saturated rings. The van der Waals surface area contributed by atoms with Crippen molar-refractivity contribution in [3.8, 4) is 22.9 Å². The van der Waals surface area contributed by atoms with Crippen molar-refractivity contribution in [3.05, 3.63) is 42.4 Å². The first-order valence-corrected chi connectivity index (χ1v) is 8.82. The third-order valence-electron chi connectivity index (χ3n) is 5.02. The number of benzene rings is 1. The molecule has 0 N–H and O–H groups in total. The number of hydrogen-bond donors (Lipinski definition) is 0. The van der Waals surface area contributed by atoms with E-state index in [4.69, 9.17) is 10.1 Å². The van der Waals surface area contributed by atoms with Gasteiger partial charge in [-0.25, -0.2) is 14.6 Å². The number of aromatic nitrogens is 5. The SMILES string of the molecule is Cc1nc(-c2cnc(-c3ccccc3)n2C)n(C2CCN(C)CC2)n1. The zero-order valence-electron chi connectivity index (χ0n) is 15.1. The van der Waals surface area contributed by atoms with Crippen LogP contribution in [0.4, 0.5) is 0 Å². The minimum Gasteiger partial charge on any atom is -0.325 e. The number of piperidine rings is 1. The highest BCUT2D eigenvalue weighted by Crippen LogP contribution is 2.29. The fourth-order valence-corrected chi connectivity index (χ4v) is 3.57. The normalized spacial score (nSPS) is 16.4. The Balaban J connectivity index is 1.73. The largest absolute Gasteiger partial charge is 0.325 e. The van der Waals surface area contributed by atoms with Gasteiger partial charge in [0.25, 0.3) is 0 Å². The Morgan fingerprint density at radius 2 is 1.72 bits per heavy atom. The first kappa shape index (κ1) is 16.0. The fourth-order valence-electron chi connectivity index (χ4n) is 3.57. The van der Waals surface area contributed by atoms with E-state index in [1.807, 2.05) is 38.4 Å². The Morgan fingerprint density at radius 3 is 2.44 bits per heavy atom. The molecule has 0 saturated carbocycles. The second-order valence-electron chi connectivity index (χ2n) is 6.85. The highest BCUT2D eigenvalue weighted by Gasteiger charge is 2.24. The molecule has 2 aromatic heterocycles. The topological polar surface area (TPSA) is 51.8 Å². The Morgan fingerprint density at radius 1 is 1.00 bits per heavy atom. The first-order valence-electron chi connectivity index (χ1n) is 8.82. The van der Waals surface area contributed by atoms with E-state index in [0.717, 1.165) is 54.7 Å². The van der Waals surface area contributed by atoms with Gasteiger partial charge in [-0.2, -0.15) is 5.10 Å². The van der Waals surface area contributed by atoms with E-state index in [-0.39, 0.29) is 0 Å². The maximum atomic E-state index is 4.72. The number of hydrogen-bond acceptors (Lipinski definition) is 4. The molecule has 0 aliphatic carbocycles. The Labute approximate surface area is 148 Å². The molecule has 3 aromatic rings. The summed E-state index contributed by atoms with van der Waals surface area (Å²) >= 11 is 0. The average Bonchev–Trinajstić information content (AvgIpc) is 3.19. The lowest BCUT2D eigenvalue weighted by molar-refractivity contribution is 0.213. The molecular weight excluding hydrogens is 312 g/mol. The molecule has 1 aromatic carbocycles. The van der Waals surface area contributed by atoms with E-state index < -0.39 is 0 Å². The van der Waals surface area contributed by atoms with Crippen molar-refractivity contribution < 1.29 is 0 Å². The first-order chi connectivity index (χ1) is 12.1. The monoisotopic (exact) mass is 336 g/mol. The summed E-state index contributed by atoms with van der Waals surface area (Å²) in [5.74, 6) is 2.69. The third kappa shape index (κ3) is 2.98. The minimum absolute atomic E-state index is 0.405. The maximum absolute atomic E-state index is 4.72. The van der Waals surface area contributed by atoms with Crippen LogP contribution in [0.5, 0.6) is 0 Å². The second-order valence-corrected chi connectivity index (χ2v) is 6.85. The second kappa shape index (κ2) is 6.44. The predicted octanol–water partition coefficient (Wildman–Crippen LogP) is 2.92. The van der Waals surface area contributed by atoms with Crippen molar-refractivity contribution in [2.45, 2.75) is 25.8 Å². The van der Waals surface area contributed by atoms with Crippen LogP contribution in [0.25, 0.3) is 22.9 Å². The zero-order chi connectivity index (χ0) is 17.4. The van der Waals surface area contributed by atoms with Crippen LogP contribution in [0, 0.1) is 6.92 Å². The fraction of sp³-hybridized carbons (Fsp3) is 0.421. The van der Waals surface area contributed by atoms with Crippen molar-refractivity contribution in [1.82, 2.24) is 29.2 Å². The maximum Gasteiger partial charge on any atom is 0.176 e. The molecule has 0 amide bonds. The molecule has 25 heavy (non-hydrogen) atoms. The van der Waals surface area contributed by atoms with Gasteiger partial charge in [0.1, 0.15) is 17.3 Å². The number of likely N-dealkylation sites (tertiary alicyclic amines) is 1. The van der Waals surface area contributed by atoms with Crippen molar-refractivity contribution in [1.29, 1.82) is 0 Å². The molecule has 0 unspecified atom stereocenters. The van der Waals surface area contributed by atoms with Crippen molar-refractivity contribution in [2.24, 2.45) is 7.05 Å². The van der Waals surface area contributed by atoms with Gasteiger partial charge in [-0.1, -0.05) is 30.3 Å². The quantitative estimate of drug-likeness (QED) is 0.738. The summed E-state index contributed by atoms with van der Waals surface area (Å²) in [4.78, 5) is 11.7. The van der Waals surface area contributed by atoms with Crippen molar-refractivity contribution >= 4 is 0 Å². The van der Waals surface area contributed by atoms with Gasteiger partial charge >= 0.3 is 0 Å². The Bertz CT molecular complexity index is 855. The van der Waals surface area contributed by atoms with Gasteiger partial charge in [-0.05, 0) is 39.9 Å². The number of rotatable bonds is 3. The van der Waals surface area contributed by atoms with E-state index in [9.17, 15) is 0 Å². The average molecular weight is 336 g/mol. The lowest BCUT2D eigenvalue weighted by Gasteiger charge is -2.29. The molecule has 130 valence electrons. The number of aryl methyl sites for hydroxylation is 1. The lowest BCUT2D eigenvalue weighted by Crippen LogP contribution is -2.32. The van der Waals surface area contributed by atoms with Gasteiger partial charge < -0.3 is 9.47 Å². The van der Waals surface area contributed by atoms with Crippen LogP contribution < -0.4 is 0 Å². The molecule has 1 aliphatic rings. The molecule has 0 bridgehead atoms. The van der Waals surface area contributed by atoms with E-state index in [1.54, 1.807) is 0 Å². The molecule has 1 aliphatic heterocycles. The molecule has 4 rings (SSSR count). The van der Waals surface area contributed by atoms with Crippen LogP contribution in [0.3, 0.4) is 0 Å². The van der Waals surface area contributed by atoms with E-state index in [0.29, 0.717) is 6.04 Å². The van der Waals surface area contributed by atoms with Gasteiger partial charge in [0, 0.05) is 12.6 Å². The van der Waals surface area contributed by atoms with Crippen LogP contribution in [0.2, 0.25) is 0 Å². The molecule has 0 spiro atoms. The minimum atomic E-state index is 0.405. The number of imidazole rings is 1. The van der Waals surface area contributed by atoms with Crippen LogP contribution >= 0.6 is 0 Å². The van der Waals surface area contributed by atoms with Gasteiger partial charge in [0.15, 0.2) is 5.82 Å². The highest BCUT2D eigenvalue weighted by molar-refractivity contribution is 5.61. The van der Waals surface area contributed by atoms with Crippen LogP contribution in [0.1, 0.15) is 24.7 Å². The molecule has 6 heteroatoms. The predicted molar refractivity (Wildman–Crippen MR) is 98.2 cm³/mol. The standard InChI is InChI=1S/C19H24N6/c1-14-21-19(25(22-14)16-9-11-23(2)12-10-16)17-13-20-18(24(17)3)15-7-5-4-6-8-15/h4-8,13,16H,9-12H2,1-3H3. The third-order valence-corrected chi connectivity index (χ3v) is 5.02. The summed E-state index contributed by atoms with van der Waals surface area (Å²) in [5.41, 5.74) is 2.12. The Kier molecular flexibility index (Phi) is 4.13. The van der Waals surface area contributed by atoms with E-state index >= 15 is 0 Å². The van der Waals surface area contributed by atoms with E-state index in [2.05, 4.69) is 38.3 Å². The summed E-state index contributed by atoms with van der Waals surface area (Å²) in [6.45, 7) is 4.16. The Hall–Kier alpha value is -2.47. The molecule has 6 nitrogen and oxygen atoms in total. The summed E-state index contributed by atoms with van der Waals surface area (Å²) in [6, 6.07) is 10.7. The van der Waals surface area contributed by atoms with Crippen LogP contribution in [0.15, 0.2) is 36.5 Å². The summed E-state index contributed by atoms with van der Waals surface area (Å²) in [7, 11) is 4.23. The summed E-state index contributed by atoms with van der Waals surface area (Å²) in [5, 5.41) is 4.70. The van der Waals surface area contributed by atoms with Gasteiger partial charge in [-0.3, -0.25) is 0 Å². The van der Waals surface area contributed by atoms with Crippen LogP contribution in [-0.2, 0) is 7.05 Å². The van der Waals surface area contributed by atoms with Crippen molar-refractivity contribution in [3.63, 3.8) is 0 Å². The van der Waals surface area contributed by atoms with Gasteiger partial charge in [-0.15, -0.1) is 0 Å². The molecular formula is C19H24N6. The molecule has 0 atom stereocenters. The molecule has 3 heterocycles. The van der Waals surface area contributed by atoms with Gasteiger partial charge in [0.05, 0.1) is 12.2 Å². The molecule has 1 saturated heterocycles. The van der Waals surface area contributed by atoms with Crippen molar-refractivity contribution in [2.75, 3.05) is 20.1 Å². The van der Waals surface area contributed by atoms with Crippen LogP contribution in [-0.4, -0.2) is 49.4 Å². The van der Waals surface area contributed by atoms with E-state index in [1.165, 1.54) is 0 Å². The zero-order valence-corrected chi connectivity index (χ0v) is 15.1. The smallest absolute Gasteiger partial charge is 0.176 e. The van der Waals surface area contributed by atoms with Gasteiger partial charge in [0.2, 0.25) is 0 Å². The highest BCUT2D eigenvalue weighted by atomic mass is 15.4. The number of nitrogens with zero attached hydrogens (tertiary/aromatic N) is 6. The molecule has 0 radical (unpaired) electrons. The summed E-state index contributed by atoms with van der Waals surface area (Å²) < 4.78 is 4.23. The lowest BCUT2D eigenvalue weighted by atomic mass is 10.1.